The molecule has 2 amide bonds. The van der Waals surface area contributed by atoms with Gasteiger partial charge < -0.3 is 5.32 Å². The van der Waals surface area contributed by atoms with E-state index in [0.29, 0.717) is 10.0 Å². The van der Waals surface area contributed by atoms with Crippen molar-refractivity contribution in [1.29, 1.82) is 0 Å². The third kappa shape index (κ3) is 4.21. The van der Waals surface area contributed by atoms with E-state index < -0.39 is 6.04 Å². The van der Waals surface area contributed by atoms with E-state index in [0.717, 1.165) is 18.4 Å². The topological polar surface area (TPSA) is 70.2 Å². The Morgan fingerprint density at radius 2 is 1.67 bits per heavy atom. The molecule has 0 bridgehead atoms. The molecule has 2 aromatic carbocycles. The molecule has 1 fully saturated rings. The number of benzene rings is 2. The molecule has 1 aliphatic rings. The molecular weight excluding hydrogens is 370 g/mol. The Bertz CT molecular complexity index is 732. The number of amides is 2. The first-order chi connectivity index (χ1) is 11.6. The van der Waals surface area contributed by atoms with Gasteiger partial charge in [-0.25, -0.2) is 5.43 Å². The van der Waals surface area contributed by atoms with Crippen LogP contribution in [0.2, 0.25) is 0 Å². The van der Waals surface area contributed by atoms with Crippen LogP contribution in [0.1, 0.15) is 34.8 Å². The largest absolute Gasteiger partial charge is 0.352 e. The average Bonchev–Trinajstić information content (AvgIpc) is 3.40. The fourth-order valence-corrected chi connectivity index (χ4v) is 2.77. The first-order valence-corrected chi connectivity index (χ1v) is 8.60. The van der Waals surface area contributed by atoms with Gasteiger partial charge in [-0.1, -0.05) is 42.5 Å². The minimum Gasteiger partial charge on any atom is -0.352 e. The zero-order chi connectivity index (χ0) is 16.9. The summed E-state index contributed by atoms with van der Waals surface area (Å²) in [6, 6.07) is 16.1. The molecule has 0 saturated heterocycles. The molecule has 1 atom stereocenters. The van der Waals surface area contributed by atoms with Crippen LogP contribution >= 0.6 is 15.9 Å². The van der Waals surface area contributed by atoms with Crippen molar-refractivity contribution >= 4 is 27.7 Å². The molecule has 0 radical (unpaired) electrons. The standard InChI is InChI=1S/C18H18BrN3O2/c19-15-9-5-4-8-14(15)17(23)22-21-16(12-6-2-1-3-7-12)18(24)20-13-10-11-13/h1-9,13,16,21H,10-11H2,(H,20,24)(H,22,23)/t16-/m0/s1. The zero-order valence-electron chi connectivity index (χ0n) is 13.0. The molecule has 3 N–H and O–H groups in total. The lowest BCUT2D eigenvalue weighted by atomic mass is 10.1. The predicted octanol–water partition coefficient (Wildman–Crippen LogP) is 2.70. The molecule has 1 aliphatic carbocycles. The van der Waals surface area contributed by atoms with Crippen molar-refractivity contribution in [2.45, 2.75) is 24.9 Å². The van der Waals surface area contributed by atoms with Gasteiger partial charge in [-0.15, -0.1) is 0 Å². The van der Waals surface area contributed by atoms with E-state index in [-0.39, 0.29) is 17.9 Å². The second-order valence-corrected chi connectivity index (χ2v) is 6.56. The summed E-state index contributed by atoms with van der Waals surface area (Å²) in [4.78, 5) is 24.8. The number of halogens is 1. The van der Waals surface area contributed by atoms with Gasteiger partial charge in [-0.2, -0.15) is 0 Å². The van der Waals surface area contributed by atoms with Gasteiger partial charge in [0.05, 0.1) is 5.56 Å². The van der Waals surface area contributed by atoms with E-state index in [1.54, 1.807) is 18.2 Å². The Kier molecular flexibility index (Phi) is 5.27. The normalized spacial score (nSPS) is 14.7. The molecule has 0 spiro atoms. The van der Waals surface area contributed by atoms with E-state index >= 15 is 0 Å². The first kappa shape index (κ1) is 16.7. The highest BCUT2D eigenvalue weighted by Crippen LogP contribution is 2.21. The van der Waals surface area contributed by atoms with Crippen molar-refractivity contribution in [3.8, 4) is 0 Å². The molecule has 0 unspecified atom stereocenters. The fraction of sp³-hybridized carbons (Fsp3) is 0.222. The van der Waals surface area contributed by atoms with Crippen LogP contribution in [0.4, 0.5) is 0 Å². The predicted molar refractivity (Wildman–Crippen MR) is 95.1 cm³/mol. The van der Waals surface area contributed by atoms with Crippen LogP contribution in [0.5, 0.6) is 0 Å². The van der Waals surface area contributed by atoms with Gasteiger partial charge in [-0.05, 0) is 46.5 Å². The Morgan fingerprint density at radius 3 is 2.33 bits per heavy atom. The number of hydrogen-bond acceptors (Lipinski definition) is 3. The Hall–Kier alpha value is -2.18. The quantitative estimate of drug-likeness (QED) is 0.667. The molecule has 0 heterocycles. The van der Waals surface area contributed by atoms with Crippen LogP contribution in [-0.2, 0) is 4.79 Å². The van der Waals surface area contributed by atoms with Crippen molar-refractivity contribution in [1.82, 2.24) is 16.2 Å². The van der Waals surface area contributed by atoms with Gasteiger partial charge in [0.25, 0.3) is 5.91 Å². The summed E-state index contributed by atoms with van der Waals surface area (Å²) in [5.74, 6) is -0.446. The zero-order valence-corrected chi connectivity index (χ0v) is 14.5. The number of nitrogens with one attached hydrogen (secondary N) is 3. The minimum atomic E-state index is -0.641. The Morgan fingerprint density at radius 1 is 1.00 bits per heavy atom. The third-order valence-corrected chi connectivity index (χ3v) is 4.46. The summed E-state index contributed by atoms with van der Waals surface area (Å²) in [5, 5.41) is 2.97. The summed E-state index contributed by atoms with van der Waals surface area (Å²) in [5.41, 5.74) is 6.79. The van der Waals surface area contributed by atoms with Gasteiger partial charge in [-0.3, -0.25) is 15.0 Å². The van der Waals surface area contributed by atoms with E-state index in [2.05, 4.69) is 32.1 Å². The Balaban J connectivity index is 1.70. The summed E-state index contributed by atoms with van der Waals surface area (Å²) < 4.78 is 0.697. The third-order valence-electron chi connectivity index (χ3n) is 3.77. The maximum atomic E-state index is 12.5. The highest BCUT2D eigenvalue weighted by Gasteiger charge is 2.28. The molecule has 24 heavy (non-hydrogen) atoms. The van der Waals surface area contributed by atoms with E-state index in [1.165, 1.54) is 0 Å². The molecule has 5 nitrogen and oxygen atoms in total. The molecule has 0 aromatic heterocycles. The molecule has 2 aromatic rings. The average molecular weight is 388 g/mol. The molecule has 1 saturated carbocycles. The highest BCUT2D eigenvalue weighted by molar-refractivity contribution is 9.10. The van der Waals surface area contributed by atoms with Gasteiger partial charge in [0.1, 0.15) is 6.04 Å². The maximum absolute atomic E-state index is 12.5. The molecule has 0 aliphatic heterocycles. The van der Waals surface area contributed by atoms with E-state index in [4.69, 9.17) is 0 Å². The molecule has 3 rings (SSSR count). The number of hydrazine groups is 1. The van der Waals surface area contributed by atoms with E-state index in [9.17, 15) is 9.59 Å². The summed E-state index contributed by atoms with van der Waals surface area (Å²) in [7, 11) is 0. The number of hydrogen-bond donors (Lipinski definition) is 3. The lowest BCUT2D eigenvalue weighted by Crippen LogP contribution is -2.47. The molecule has 124 valence electrons. The number of carbonyl (C=O) groups is 2. The molecule has 6 heteroatoms. The van der Waals surface area contributed by atoms with Gasteiger partial charge in [0.2, 0.25) is 5.91 Å². The van der Waals surface area contributed by atoms with Crippen molar-refractivity contribution < 1.29 is 9.59 Å². The number of carbonyl (C=O) groups excluding carboxylic acids is 2. The summed E-state index contributed by atoms with van der Waals surface area (Å²) in [6.07, 6.45) is 2.02. The van der Waals surface area contributed by atoms with Crippen LogP contribution in [0.3, 0.4) is 0 Å². The van der Waals surface area contributed by atoms with Crippen LogP contribution in [0, 0.1) is 0 Å². The monoisotopic (exact) mass is 387 g/mol. The van der Waals surface area contributed by atoms with Crippen molar-refractivity contribution in [3.63, 3.8) is 0 Å². The van der Waals surface area contributed by atoms with Gasteiger partial charge >= 0.3 is 0 Å². The van der Waals surface area contributed by atoms with Crippen LogP contribution < -0.4 is 16.2 Å². The Labute approximate surface area is 148 Å². The number of rotatable bonds is 6. The van der Waals surface area contributed by atoms with Crippen LogP contribution in [0.15, 0.2) is 59.1 Å². The van der Waals surface area contributed by atoms with Crippen molar-refractivity contribution in [2.24, 2.45) is 0 Å². The molecular formula is C18H18BrN3O2. The minimum absolute atomic E-state index is 0.142. The lowest BCUT2D eigenvalue weighted by Gasteiger charge is -2.19. The van der Waals surface area contributed by atoms with Gasteiger partial charge in [0, 0.05) is 10.5 Å². The lowest BCUT2D eigenvalue weighted by molar-refractivity contribution is -0.123. The van der Waals surface area contributed by atoms with Crippen molar-refractivity contribution in [2.75, 3.05) is 0 Å². The van der Waals surface area contributed by atoms with Crippen LogP contribution in [0.25, 0.3) is 0 Å². The maximum Gasteiger partial charge on any atom is 0.266 e. The highest BCUT2D eigenvalue weighted by atomic mass is 79.9. The second-order valence-electron chi connectivity index (χ2n) is 5.70. The summed E-state index contributed by atoms with van der Waals surface area (Å²) >= 11 is 3.35. The van der Waals surface area contributed by atoms with Crippen LogP contribution in [-0.4, -0.2) is 17.9 Å². The first-order valence-electron chi connectivity index (χ1n) is 7.81. The smallest absolute Gasteiger partial charge is 0.266 e. The van der Waals surface area contributed by atoms with E-state index in [1.807, 2.05) is 36.4 Å². The van der Waals surface area contributed by atoms with Crippen molar-refractivity contribution in [3.05, 3.63) is 70.2 Å². The fourth-order valence-electron chi connectivity index (χ4n) is 2.31. The second kappa shape index (κ2) is 7.59. The summed E-state index contributed by atoms with van der Waals surface area (Å²) in [6.45, 7) is 0. The van der Waals surface area contributed by atoms with Gasteiger partial charge in [0.15, 0.2) is 0 Å². The SMILES string of the molecule is O=C(NN[C@H](C(=O)NC1CC1)c1ccccc1)c1ccccc1Br.